The summed E-state index contributed by atoms with van der Waals surface area (Å²) in [6.07, 6.45) is 10.9. The number of aromatic nitrogens is 2. The molecule has 4 heteroatoms. The maximum atomic E-state index is 5.58. The third kappa shape index (κ3) is 5.33. The monoisotopic (exact) mass is 238 g/mol. The molecule has 0 saturated heterocycles. The van der Waals surface area contributed by atoms with Crippen molar-refractivity contribution in [2.75, 3.05) is 0 Å². The molecule has 1 unspecified atom stereocenters. The summed E-state index contributed by atoms with van der Waals surface area (Å²) >= 11 is 0. The third-order valence-corrected chi connectivity index (χ3v) is 3.14. The summed E-state index contributed by atoms with van der Waals surface area (Å²) in [5, 5.41) is 4.38. The van der Waals surface area contributed by atoms with E-state index in [1.54, 1.807) is 0 Å². The van der Waals surface area contributed by atoms with Crippen molar-refractivity contribution in [2.45, 2.75) is 57.9 Å². The highest BCUT2D eigenvalue weighted by atomic mass is 15.3. The zero-order valence-corrected chi connectivity index (χ0v) is 11.2. The van der Waals surface area contributed by atoms with Gasteiger partial charge in [0.15, 0.2) is 0 Å². The fourth-order valence-corrected chi connectivity index (χ4v) is 2.06. The van der Waals surface area contributed by atoms with E-state index >= 15 is 0 Å². The van der Waals surface area contributed by atoms with E-state index in [1.807, 2.05) is 24.0 Å². The Morgan fingerprint density at radius 2 is 2.00 bits per heavy atom. The van der Waals surface area contributed by atoms with Gasteiger partial charge < -0.3 is 0 Å². The Morgan fingerprint density at radius 3 is 2.59 bits per heavy atom. The van der Waals surface area contributed by atoms with E-state index in [0.29, 0.717) is 0 Å². The number of nitrogens with one attached hydrogen (secondary N) is 1. The van der Waals surface area contributed by atoms with E-state index in [2.05, 4.69) is 17.4 Å². The van der Waals surface area contributed by atoms with Crippen LogP contribution in [0.5, 0.6) is 0 Å². The minimum Gasteiger partial charge on any atom is -0.275 e. The molecule has 17 heavy (non-hydrogen) atoms. The number of hydrogen-bond donors (Lipinski definition) is 2. The molecule has 0 aliphatic heterocycles. The standard InChI is InChI=1S/C13H26N4/c1-3-4-5-6-7-8-9-12(15-14)13-10-11-17(2)16-13/h10-12,15H,3-9,14H2,1-2H3. The van der Waals surface area contributed by atoms with Crippen molar-refractivity contribution in [1.82, 2.24) is 15.2 Å². The second-order valence-corrected chi connectivity index (χ2v) is 4.69. The molecule has 1 atom stereocenters. The Labute approximate surface area is 105 Å². The fourth-order valence-electron chi connectivity index (χ4n) is 2.06. The highest BCUT2D eigenvalue weighted by Crippen LogP contribution is 2.17. The smallest absolute Gasteiger partial charge is 0.0807 e. The van der Waals surface area contributed by atoms with E-state index in [-0.39, 0.29) is 6.04 Å². The number of hydrogen-bond acceptors (Lipinski definition) is 3. The van der Waals surface area contributed by atoms with Crippen LogP contribution < -0.4 is 11.3 Å². The van der Waals surface area contributed by atoms with Gasteiger partial charge in [0.05, 0.1) is 11.7 Å². The van der Waals surface area contributed by atoms with Crippen LogP contribution in [0.15, 0.2) is 12.3 Å². The van der Waals surface area contributed by atoms with Gasteiger partial charge in [-0.25, -0.2) is 0 Å². The van der Waals surface area contributed by atoms with Gasteiger partial charge in [0, 0.05) is 13.2 Å². The lowest BCUT2D eigenvalue weighted by Gasteiger charge is -2.13. The second-order valence-electron chi connectivity index (χ2n) is 4.69. The van der Waals surface area contributed by atoms with Crippen LogP contribution in [0.2, 0.25) is 0 Å². The van der Waals surface area contributed by atoms with Crippen molar-refractivity contribution in [1.29, 1.82) is 0 Å². The lowest BCUT2D eigenvalue weighted by Crippen LogP contribution is -2.28. The molecule has 1 rings (SSSR count). The maximum absolute atomic E-state index is 5.58. The maximum Gasteiger partial charge on any atom is 0.0807 e. The SMILES string of the molecule is CCCCCCCCC(NN)c1ccn(C)n1. The number of unbranched alkanes of at least 4 members (excludes halogenated alkanes) is 5. The first-order valence-electron chi connectivity index (χ1n) is 6.73. The quantitative estimate of drug-likeness (QED) is 0.395. The van der Waals surface area contributed by atoms with Crippen LogP contribution in [0.1, 0.15) is 63.6 Å². The summed E-state index contributed by atoms with van der Waals surface area (Å²) in [5.74, 6) is 5.58. The Kier molecular flexibility index (Phi) is 6.89. The van der Waals surface area contributed by atoms with Gasteiger partial charge in [0.25, 0.3) is 0 Å². The predicted molar refractivity (Wildman–Crippen MR) is 71.3 cm³/mol. The molecule has 0 saturated carbocycles. The summed E-state index contributed by atoms with van der Waals surface area (Å²) in [5.41, 5.74) is 3.90. The Morgan fingerprint density at radius 1 is 1.29 bits per heavy atom. The zero-order valence-electron chi connectivity index (χ0n) is 11.2. The van der Waals surface area contributed by atoms with Crippen molar-refractivity contribution in [2.24, 2.45) is 12.9 Å². The number of rotatable bonds is 9. The van der Waals surface area contributed by atoms with Gasteiger partial charge in [-0.05, 0) is 12.5 Å². The lowest BCUT2D eigenvalue weighted by atomic mass is 10.0. The van der Waals surface area contributed by atoms with Crippen LogP contribution in [0.4, 0.5) is 0 Å². The average molecular weight is 238 g/mol. The number of aryl methyl sites for hydroxylation is 1. The van der Waals surface area contributed by atoms with Gasteiger partial charge in [-0.1, -0.05) is 45.4 Å². The largest absolute Gasteiger partial charge is 0.275 e. The number of hydrazine groups is 1. The Bertz CT molecular complexity index is 295. The second kappa shape index (κ2) is 8.25. The molecule has 98 valence electrons. The molecular weight excluding hydrogens is 212 g/mol. The van der Waals surface area contributed by atoms with Gasteiger partial charge >= 0.3 is 0 Å². The molecule has 0 radical (unpaired) electrons. The molecule has 3 N–H and O–H groups in total. The van der Waals surface area contributed by atoms with Gasteiger partial charge in [-0.2, -0.15) is 5.10 Å². The zero-order chi connectivity index (χ0) is 12.5. The first-order chi connectivity index (χ1) is 8.27. The van der Waals surface area contributed by atoms with Crippen LogP contribution in [0, 0.1) is 0 Å². The van der Waals surface area contributed by atoms with Crippen molar-refractivity contribution in [3.8, 4) is 0 Å². The summed E-state index contributed by atoms with van der Waals surface area (Å²) in [4.78, 5) is 0. The normalized spacial score (nSPS) is 12.9. The first-order valence-corrected chi connectivity index (χ1v) is 6.73. The van der Waals surface area contributed by atoms with Crippen molar-refractivity contribution in [3.05, 3.63) is 18.0 Å². The van der Waals surface area contributed by atoms with Crippen molar-refractivity contribution < 1.29 is 0 Å². The first kappa shape index (κ1) is 14.2. The van der Waals surface area contributed by atoms with E-state index < -0.39 is 0 Å². The average Bonchev–Trinajstić information content (AvgIpc) is 2.75. The van der Waals surface area contributed by atoms with Gasteiger partial charge in [-0.3, -0.25) is 16.0 Å². The molecule has 0 aliphatic rings. The van der Waals surface area contributed by atoms with Crippen LogP contribution >= 0.6 is 0 Å². The highest BCUT2D eigenvalue weighted by molar-refractivity contribution is 5.04. The molecule has 1 heterocycles. The Hall–Kier alpha value is -0.870. The molecule has 0 spiro atoms. The van der Waals surface area contributed by atoms with Crippen LogP contribution in [-0.2, 0) is 7.05 Å². The molecule has 4 nitrogen and oxygen atoms in total. The lowest BCUT2D eigenvalue weighted by molar-refractivity contribution is 0.464. The van der Waals surface area contributed by atoms with E-state index in [0.717, 1.165) is 12.1 Å². The molecule has 0 amide bonds. The van der Waals surface area contributed by atoms with Crippen LogP contribution in [-0.4, -0.2) is 9.78 Å². The molecule has 1 aromatic rings. The van der Waals surface area contributed by atoms with Gasteiger partial charge in [0.1, 0.15) is 0 Å². The molecule has 1 aromatic heterocycles. The topological polar surface area (TPSA) is 55.9 Å². The summed E-state index contributed by atoms with van der Waals surface area (Å²) in [6, 6.07) is 2.23. The van der Waals surface area contributed by atoms with E-state index in [9.17, 15) is 0 Å². The van der Waals surface area contributed by atoms with Crippen LogP contribution in [0.25, 0.3) is 0 Å². The van der Waals surface area contributed by atoms with E-state index in [4.69, 9.17) is 5.84 Å². The molecule has 0 fully saturated rings. The third-order valence-electron chi connectivity index (χ3n) is 3.14. The minimum absolute atomic E-state index is 0.197. The number of nitrogens with zero attached hydrogens (tertiary/aromatic N) is 2. The van der Waals surface area contributed by atoms with Crippen molar-refractivity contribution >= 4 is 0 Å². The van der Waals surface area contributed by atoms with Crippen LogP contribution in [0.3, 0.4) is 0 Å². The summed E-state index contributed by atoms with van der Waals surface area (Å²) < 4.78 is 1.82. The predicted octanol–water partition coefficient (Wildman–Crippen LogP) is 2.68. The van der Waals surface area contributed by atoms with Crippen molar-refractivity contribution in [3.63, 3.8) is 0 Å². The fraction of sp³-hybridized carbons (Fsp3) is 0.769. The molecule has 0 bridgehead atoms. The number of nitrogens with two attached hydrogens (primary N) is 1. The summed E-state index contributed by atoms with van der Waals surface area (Å²) in [6.45, 7) is 2.25. The minimum atomic E-state index is 0.197. The highest BCUT2D eigenvalue weighted by Gasteiger charge is 2.11. The van der Waals surface area contributed by atoms with Gasteiger partial charge in [-0.15, -0.1) is 0 Å². The molecule has 0 aliphatic carbocycles. The summed E-state index contributed by atoms with van der Waals surface area (Å²) in [7, 11) is 1.93. The van der Waals surface area contributed by atoms with E-state index in [1.165, 1.54) is 38.5 Å². The molecular formula is C13H26N4. The Balaban J connectivity index is 2.19. The van der Waals surface area contributed by atoms with Gasteiger partial charge in [0.2, 0.25) is 0 Å². The molecule has 0 aromatic carbocycles.